The topological polar surface area (TPSA) is 45.0 Å². The van der Waals surface area contributed by atoms with Crippen molar-refractivity contribution in [3.63, 3.8) is 0 Å². The number of benzene rings is 2. The molecule has 1 saturated heterocycles. The summed E-state index contributed by atoms with van der Waals surface area (Å²) in [6.07, 6.45) is 1.16. The summed E-state index contributed by atoms with van der Waals surface area (Å²) in [4.78, 5) is 0. The fourth-order valence-electron chi connectivity index (χ4n) is 2.94. The van der Waals surface area contributed by atoms with Crippen LogP contribution in [0.3, 0.4) is 0 Å². The van der Waals surface area contributed by atoms with Crippen LogP contribution in [-0.4, -0.2) is 19.8 Å². The molecule has 23 heavy (non-hydrogen) atoms. The third-order valence-electron chi connectivity index (χ3n) is 4.47. The van der Waals surface area contributed by atoms with Crippen LogP contribution in [-0.2, 0) is 4.74 Å². The molecule has 3 nitrogen and oxygen atoms in total. The van der Waals surface area contributed by atoms with Crippen molar-refractivity contribution >= 4 is 0 Å². The molecule has 118 valence electrons. The first-order chi connectivity index (χ1) is 11.3. The Balaban J connectivity index is 1.65. The zero-order valence-corrected chi connectivity index (χ0v) is 13.5. The van der Waals surface area contributed by atoms with E-state index in [0.717, 1.165) is 37.3 Å². The van der Waals surface area contributed by atoms with Gasteiger partial charge in [-0.1, -0.05) is 36.4 Å². The number of hydrogen-bond acceptors (Lipinski definition) is 3. The molecule has 1 fully saturated rings. The first-order valence-corrected chi connectivity index (χ1v) is 8.18. The second kappa shape index (κ2) is 7.41. The Morgan fingerprint density at radius 2 is 2.04 bits per heavy atom. The summed E-state index contributed by atoms with van der Waals surface area (Å²) in [6, 6.07) is 18.8. The maximum absolute atomic E-state index is 9.01. The van der Waals surface area contributed by atoms with E-state index in [1.54, 1.807) is 0 Å². The first kappa shape index (κ1) is 15.7. The predicted octanol–water partition coefficient (Wildman–Crippen LogP) is 3.91. The third-order valence-corrected chi connectivity index (χ3v) is 4.47. The van der Waals surface area contributed by atoms with E-state index in [-0.39, 0.29) is 0 Å². The van der Waals surface area contributed by atoms with Crippen LogP contribution in [0.1, 0.15) is 30.5 Å². The smallest absolute Gasteiger partial charge is 0.0991 e. The lowest BCUT2D eigenvalue weighted by atomic mass is 10.00. The normalized spacial score (nSPS) is 18.5. The molecule has 2 aromatic rings. The van der Waals surface area contributed by atoms with Crippen LogP contribution in [0.15, 0.2) is 48.5 Å². The summed E-state index contributed by atoms with van der Waals surface area (Å²) in [5.41, 5.74) is 4.20. The van der Waals surface area contributed by atoms with Gasteiger partial charge in [0.15, 0.2) is 0 Å². The summed E-state index contributed by atoms with van der Waals surface area (Å²) in [6.45, 7) is 4.99. The molecule has 2 aromatic carbocycles. The second-order valence-electron chi connectivity index (χ2n) is 6.17. The minimum Gasteiger partial charge on any atom is -0.381 e. The molecule has 3 heteroatoms. The number of nitrogens with one attached hydrogen (secondary N) is 1. The minimum absolute atomic E-state index is 0.329. The van der Waals surface area contributed by atoms with Crippen molar-refractivity contribution in [1.29, 1.82) is 5.26 Å². The Bertz CT molecular complexity index is 682. The highest BCUT2D eigenvalue weighted by atomic mass is 16.5. The SMILES string of the molecule is C[C@@H](NC[C@@H]1CCOC1)c1ccc(-c2cccc(C#N)c2)cc1. The van der Waals surface area contributed by atoms with E-state index in [0.29, 0.717) is 17.5 Å². The molecule has 1 heterocycles. The van der Waals surface area contributed by atoms with Gasteiger partial charge in [-0.05, 0) is 48.1 Å². The van der Waals surface area contributed by atoms with Crippen LogP contribution >= 0.6 is 0 Å². The molecule has 0 aromatic heterocycles. The Hall–Kier alpha value is -2.15. The van der Waals surface area contributed by atoms with Crippen LogP contribution in [0, 0.1) is 17.2 Å². The largest absolute Gasteiger partial charge is 0.381 e. The van der Waals surface area contributed by atoms with E-state index in [4.69, 9.17) is 10.00 Å². The lowest BCUT2D eigenvalue weighted by Gasteiger charge is -2.17. The lowest BCUT2D eigenvalue weighted by Crippen LogP contribution is -2.25. The van der Waals surface area contributed by atoms with Gasteiger partial charge in [-0.3, -0.25) is 0 Å². The fourth-order valence-corrected chi connectivity index (χ4v) is 2.94. The van der Waals surface area contributed by atoms with Crippen molar-refractivity contribution in [2.45, 2.75) is 19.4 Å². The molecule has 1 N–H and O–H groups in total. The van der Waals surface area contributed by atoms with Gasteiger partial charge in [0.05, 0.1) is 18.2 Å². The first-order valence-electron chi connectivity index (χ1n) is 8.18. The van der Waals surface area contributed by atoms with Crippen LogP contribution in [0.25, 0.3) is 11.1 Å². The number of ether oxygens (including phenoxy) is 1. The zero-order chi connectivity index (χ0) is 16.1. The molecular weight excluding hydrogens is 284 g/mol. The van der Waals surface area contributed by atoms with Gasteiger partial charge in [0.1, 0.15) is 0 Å². The van der Waals surface area contributed by atoms with Gasteiger partial charge in [0.2, 0.25) is 0 Å². The highest BCUT2D eigenvalue weighted by Gasteiger charge is 2.16. The molecule has 2 atom stereocenters. The maximum atomic E-state index is 9.01. The Morgan fingerprint density at radius 1 is 1.22 bits per heavy atom. The number of nitrogens with zero attached hydrogens (tertiary/aromatic N) is 1. The highest BCUT2D eigenvalue weighted by Crippen LogP contribution is 2.23. The van der Waals surface area contributed by atoms with E-state index in [9.17, 15) is 0 Å². The average Bonchev–Trinajstić information content (AvgIpc) is 3.13. The van der Waals surface area contributed by atoms with Crippen molar-refractivity contribution in [2.75, 3.05) is 19.8 Å². The van der Waals surface area contributed by atoms with Crippen LogP contribution < -0.4 is 5.32 Å². The maximum Gasteiger partial charge on any atom is 0.0991 e. The van der Waals surface area contributed by atoms with Gasteiger partial charge in [-0.25, -0.2) is 0 Å². The van der Waals surface area contributed by atoms with E-state index in [1.807, 2.05) is 24.3 Å². The molecule has 1 aliphatic rings. The molecule has 0 spiro atoms. The molecule has 0 unspecified atom stereocenters. The van der Waals surface area contributed by atoms with Gasteiger partial charge in [0.25, 0.3) is 0 Å². The van der Waals surface area contributed by atoms with Gasteiger partial charge in [-0.15, -0.1) is 0 Å². The van der Waals surface area contributed by atoms with Crippen molar-refractivity contribution in [1.82, 2.24) is 5.32 Å². The van der Waals surface area contributed by atoms with Crippen molar-refractivity contribution in [3.8, 4) is 17.2 Å². The van der Waals surface area contributed by atoms with Crippen LogP contribution in [0.5, 0.6) is 0 Å². The summed E-state index contributed by atoms with van der Waals surface area (Å²) >= 11 is 0. The minimum atomic E-state index is 0.329. The fraction of sp³-hybridized carbons (Fsp3) is 0.350. The summed E-state index contributed by atoms with van der Waals surface area (Å²) in [7, 11) is 0. The molecule has 0 bridgehead atoms. The molecule has 0 amide bonds. The average molecular weight is 306 g/mol. The zero-order valence-electron chi connectivity index (χ0n) is 13.5. The van der Waals surface area contributed by atoms with Gasteiger partial charge in [0, 0.05) is 19.2 Å². The molecule has 3 rings (SSSR count). The Kier molecular flexibility index (Phi) is 5.07. The molecule has 0 radical (unpaired) electrons. The predicted molar refractivity (Wildman–Crippen MR) is 91.9 cm³/mol. The van der Waals surface area contributed by atoms with E-state index in [2.05, 4.69) is 42.6 Å². The Morgan fingerprint density at radius 3 is 2.74 bits per heavy atom. The standard InChI is InChI=1S/C20H22N2O/c1-15(22-13-17-9-10-23-14-17)18-5-7-19(8-6-18)20-4-2-3-16(11-20)12-21/h2-8,11,15,17,22H,9-10,13-14H2,1H3/t15-,17+/m1/s1. The molecule has 1 aliphatic heterocycles. The quantitative estimate of drug-likeness (QED) is 0.911. The van der Waals surface area contributed by atoms with Crippen molar-refractivity contribution in [3.05, 3.63) is 59.7 Å². The van der Waals surface area contributed by atoms with E-state index < -0.39 is 0 Å². The number of rotatable bonds is 5. The van der Waals surface area contributed by atoms with Crippen LogP contribution in [0.4, 0.5) is 0 Å². The van der Waals surface area contributed by atoms with E-state index in [1.165, 1.54) is 5.56 Å². The Labute approximate surface area is 137 Å². The monoisotopic (exact) mass is 306 g/mol. The third kappa shape index (κ3) is 3.98. The summed E-state index contributed by atoms with van der Waals surface area (Å²) in [5.74, 6) is 0.644. The summed E-state index contributed by atoms with van der Waals surface area (Å²) in [5, 5.41) is 12.6. The lowest BCUT2D eigenvalue weighted by molar-refractivity contribution is 0.184. The summed E-state index contributed by atoms with van der Waals surface area (Å²) < 4.78 is 5.42. The number of nitriles is 1. The van der Waals surface area contributed by atoms with Gasteiger partial charge < -0.3 is 10.1 Å². The van der Waals surface area contributed by atoms with Gasteiger partial charge in [-0.2, -0.15) is 5.26 Å². The number of hydrogen-bond donors (Lipinski definition) is 1. The molecule has 0 saturated carbocycles. The van der Waals surface area contributed by atoms with E-state index >= 15 is 0 Å². The second-order valence-corrected chi connectivity index (χ2v) is 6.17. The van der Waals surface area contributed by atoms with Crippen molar-refractivity contribution in [2.24, 2.45) is 5.92 Å². The molecular formula is C20H22N2O. The highest BCUT2D eigenvalue weighted by molar-refractivity contribution is 5.65. The van der Waals surface area contributed by atoms with Crippen LogP contribution in [0.2, 0.25) is 0 Å². The van der Waals surface area contributed by atoms with Gasteiger partial charge >= 0.3 is 0 Å². The van der Waals surface area contributed by atoms with Crippen molar-refractivity contribution < 1.29 is 4.74 Å². The molecule has 0 aliphatic carbocycles.